The van der Waals surface area contributed by atoms with Crippen LogP contribution in [0.15, 0.2) is 29.6 Å². The molecule has 0 unspecified atom stereocenters. The molecule has 3 aromatic rings. The predicted molar refractivity (Wildman–Crippen MR) is 142 cm³/mol. The molecule has 0 spiro atoms. The summed E-state index contributed by atoms with van der Waals surface area (Å²) in [6.45, 7) is 11.2. The number of likely N-dealkylation sites (N-methyl/N-ethyl adjacent to an activating group) is 1. The summed E-state index contributed by atoms with van der Waals surface area (Å²) in [6.07, 6.45) is 1.16. The number of benzene rings is 1. The lowest BCUT2D eigenvalue weighted by Gasteiger charge is -2.32. The van der Waals surface area contributed by atoms with Crippen molar-refractivity contribution in [1.82, 2.24) is 20.0 Å². The number of aromatic amines is 1. The van der Waals surface area contributed by atoms with Gasteiger partial charge in [-0.2, -0.15) is 5.10 Å². The molecule has 5 rings (SSSR count). The Morgan fingerprint density at radius 1 is 1.14 bits per heavy atom. The number of ether oxygens (including phenoxy) is 2. The Kier molecular flexibility index (Phi) is 7.66. The maximum Gasteiger partial charge on any atom is 0.108 e. The number of nitrogens with one attached hydrogen (secondary N) is 1. The van der Waals surface area contributed by atoms with Crippen LogP contribution in [-0.4, -0.2) is 79.1 Å². The Labute approximate surface area is 212 Å². The second kappa shape index (κ2) is 11.1. The second-order valence-electron chi connectivity index (χ2n) is 9.65. The number of fused-ring (bicyclic) bond motifs is 3. The summed E-state index contributed by atoms with van der Waals surface area (Å²) < 4.78 is 11.0. The highest BCUT2D eigenvalue weighted by Gasteiger charge is 2.26. The Morgan fingerprint density at radius 3 is 2.83 bits per heavy atom. The molecule has 2 aliphatic rings. The SMILES string of the molecule is CC(C)OCCOCC#Cc1csc(-c2[nH]nc3c2Cc2cc(CN4CCN(C)CC4)ccc2-3)c1. The van der Waals surface area contributed by atoms with Crippen LogP contribution in [0.4, 0.5) is 0 Å². The highest BCUT2D eigenvalue weighted by molar-refractivity contribution is 7.13. The first-order chi connectivity index (χ1) is 17.1. The molecule has 2 aromatic heterocycles. The van der Waals surface area contributed by atoms with E-state index in [1.807, 2.05) is 13.8 Å². The molecule has 0 amide bonds. The number of nitrogens with zero attached hydrogens (tertiary/aromatic N) is 3. The van der Waals surface area contributed by atoms with Crippen LogP contribution in [0.3, 0.4) is 0 Å². The lowest BCUT2D eigenvalue weighted by atomic mass is 10.0. The summed E-state index contributed by atoms with van der Waals surface area (Å²) in [5, 5.41) is 10.1. The molecule has 1 saturated heterocycles. The highest BCUT2D eigenvalue weighted by Crippen LogP contribution is 2.41. The van der Waals surface area contributed by atoms with Crippen LogP contribution < -0.4 is 0 Å². The molecule has 6 nitrogen and oxygen atoms in total. The molecule has 1 fully saturated rings. The fraction of sp³-hybridized carbons (Fsp3) is 0.464. The maximum absolute atomic E-state index is 5.53. The van der Waals surface area contributed by atoms with E-state index in [4.69, 9.17) is 14.6 Å². The van der Waals surface area contributed by atoms with Gasteiger partial charge >= 0.3 is 0 Å². The summed E-state index contributed by atoms with van der Waals surface area (Å²) in [5.74, 6) is 6.32. The molecule has 35 heavy (non-hydrogen) atoms. The van der Waals surface area contributed by atoms with Crippen molar-refractivity contribution >= 4 is 11.3 Å². The lowest BCUT2D eigenvalue weighted by Crippen LogP contribution is -2.43. The largest absolute Gasteiger partial charge is 0.376 e. The van der Waals surface area contributed by atoms with Crippen LogP contribution in [0.1, 0.15) is 36.1 Å². The Morgan fingerprint density at radius 2 is 2.00 bits per heavy atom. The molecule has 0 radical (unpaired) electrons. The summed E-state index contributed by atoms with van der Waals surface area (Å²) in [5.41, 5.74) is 8.58. The quantitative estimate of drug-likeness (QED) is 0.296. The molecule has 1 N–H and O–H groups in total. The number of thiophene rings is 1. The molecular formula is C28H34N4O2S. The van der Waals surface area contributed by atoms with E-state index in [0.29, 0.717) is 19.8 Å². The topological polar surface area (TPSA) is 53.6 Å². The number of hydrogen-bond donors (Lipinski definition) is 1. The van der Waals surface area contributed by atoms with Gasteiger partial charge in [-0.3, -0.25) is 10.00 Å². The van der Waals surface area contributed by atoms with Crippen molar-refractivity contribution < 1.29 is 9.47 Å². The van der Waals surface area contributed by atoms with Crippen LogP contribution in [-0.2, 0) is 22.4 Å². The summed E-state index contributed by atoms with van der Waals surface area (Å²) >= 11 is 1.71. The molecule has 3 heterocycles. The van der Waals surface area contributed by atoms with Crippen molar-refractivity contribution in [3.63, 3.8) is 0 Å². The molecule has 184 valence electrons. The van der Waals surface area contributed by atoms with E-state index in [0.717, 1.165) is 56.1 Å². The third-order valence-corrected chi connectivity index (χ3v) is 7.54. The molecule has 7 heteroatoms. The number of rotatable bonds is 8. The molecule has 1 aromatic carbocycles. The summed E-state index contributed by atoms with van der Waals surface area (Å²) in [4.78, 5) is 6.14. The number of hydrogen-bond acceptors (Lipinski definition) is 6. The average molecular weight is 491 g/mol. The first-order valence-corrected chi connectivity index (χ1v) is 13.3. The van der Waals surface area contributed by atoms with Crippen LogP contribution in [0.5, 0.6) is 0 Å². The highest BCUT2D eigenvalue weighted by atomic mass is 32.1. The van der Waals surface area contributed by atoms with Crippen molar-refractivity contribution in [2.24, 2.45) is 0 Å². The van der Waals surface area contributed by atoms with Gasteiger partial charge in [0.05, 0.1) is 35.6 Å². The van der Waals surface area contributed by atoms with Crippen molar-refractivity contribution in [2.75, 3.05) is 53.0 Å². The minimum absolute atomic E-state index is 0.231. The van der Waals surface area contributed by atoms with Gasteiger partial charge in [-0.15, -0.1) is 11.3 Å². The van der Waals surface area contributed by atoms with Gasteiger partial charge in [0.15, 0.2) is 0 Å². The van der Waals surface area contributed by atoms with Gasteiger partial charge in [-0.1, -0.05) is 30.0 Å². The van der Waals surface area contributed by atoms with Crippen LogP contribution in [0.2, 0.25) is 0 Å². The number of H-pyrrole nitrogens is 1. The van der Waals surface area contributed by atoms with E-state index in [1.54, 1.807) is 11.3 Å². The first kappa shape index (κ1) is 24.2. The molecule has 0 bridgehead atoms. The van der Waals surface area contributed by atoms with Crippen molar-refractivity contribution in [1.29, 1.82) is 0 Å². The monoisotopic (exact) mass is 490 g/mol. The normalized spacial score (nSPS) is 15.8. The van der Waals surface area contributed by atoms with Gasteiger partial charge in [0.2, 0.25) is 0 Å². The zero-order valence-corrected chi connectivity index (χ0v) is 21.7. The third-order valence-electron chi connectivity index (χ3n) is 6.59. The van der Waals surface area contributed by atoms with Gasteiger partial charge in [0.1, 0.15) is 6.61 Å². The summed E-state index contributed by atoms with van der Waals surface area (Å²) in [7, 11) is 2.20. The molecule has 1 aliphatic carbocycles. The Bertz CT molecular complexity index is 1210. The Hall–Kier alpha value is -2.47. The molecular weight excluding hydrogens is 456 g/mol. The summed E-state index contributed by atoms with van der Waals surface area (Å²) in [6, 6.07) is 9.07. The smallest absolute Gasteiger partial charge is 0.108 e. The molecule has 0 atom stereocenters. The Balaban J connectivity index is 1.20. The van der Waals surface area contributed by atoms with E-state index in [-0.39, 0.29) is 6.10 Å². The van der Waals surface area contributed by atoms with Gasteiger partial charge in [0.25, 0.3) is 0 Å². The van der Waals surface area contributed by atoms with E-state index >= 15 is 0 Å². The molecule has 0 saturated carbocycles. The maximum atomic E-state index is 5.53. The minimum atomic E-state index is 0.231. The van der Waals surface area contributed by atoms with Gasteiger partial charge < -0.3 is 14.4 Å². The first-order valence-electron chi connectivity index (χ1n) is 12.4. The van der Waals surface area contributed by atoms with Crippen LogP contribution >= 0.6 is 11.3 Å². The van der Waals surface area contributed by atoms with Crippen molar-refractivity contribution in [3.8, 4) is 33.7 Å². The fourth-order valence-electron chi connectivity index (χ4n) is 4.68. The van der Waals surface area contributed by atoms with E-state index in [2.05, 4.69) is 63.4 Å². The average Bonchev–Trinajstić information content (AvgIpc) is 3.55. The van der Waals surface area contributed by atoms with E-state index in [9.17, 15) is 0 Å². The number of aromatic nitrogens is 2. The lowest BCUT2D eigenvalue weighted by molar-refractivity contribution is 0.0280. The van der Waals surface area contributed by atoms with Gasteiger partial charge in [0, 0.05) is 61.2 Å². The minimum Gasteiger partial charge on any atom is -0.376 e. The zero-order valence-electron chi connectivity index (χ0n) is 20.9. The predicted octanol–water partition coefficient (Wildman–Crippen LogP) is 4.25. The fourth-order valence-corrected chi connectivity index (χ4v) is 5.54. The van der Waals surface area contributed by atoms with Crippen LogP contribution in [0, 0.1) is 11.8 Å². The van der Waals surface area contributed by atoms with Crippen molar-refractivity contribution in [3.05, 3.63) is 51.9 Å². The number of piperazine rings is 1. The van der Waals surface area contributed by atoms with Crippen molar-refractivity contribution in [2.45, 2.75) is 32.9 Å². The van der Waals surface area contributed by atoms with E-state index in [1.165, 1.54) is 27.1 Å². The standard InChI is InChI=1S/C28H34N4O2S/c1-20(2)34-14-13-33-12-4-5-22-16-26(35-19-22)28-25-17-23-15-21(6-7-24(23)27(25)29-30-28)18-32-10-8-31(3)9-11-32/h6-7,15-16,19-20H,8-14,17-18H2,1-3H3,(H,29,30). The van der Waals surface area contributed by atoms with Crippen LogP contribution in [0.25, 0.3) is 21.8 Å². The second-order valence-corrected chi connectivity index (χ2v) is 10.6. The van der Waals surface area contributed by atoms with Gasteiger partial charge in [-0.05, 0) is 38.1 Å². The zero-order chi connectivity index (χ0) is 24.2. The third kappa shape index (κ3) is 5.85. The van der Waals surface area contributed by atoms with E-state index < -0.39 is 0 Å². The van der Waals surface area contributed by atoms with Gasteiger partial charge in [-0.25, -0.2) is 0 Å². The molecule has 1 aliphatic heterocycles.